The minimum absolute atomic E-state index is 0.0781. The molecule has 0 bridgehead atoms. The van der Waals surface area contributed by atoms with Crippen LogP contribution in [0.3, 0.4) is 0 Å². The number of benzene rings is 2. The first-order valence-corrected chi connectivity index (χ1v) is 20.5. The molecule has 1 aliphatic rings. The summed E-state index contributed by atoms with van der Waals surface area (Å²) in [5.41, 5.74) is 14.5. The topological polar surface area (TPSA) is 0 Å². The van der Waals surface area contributed by atoms with Gasteiger partial charge in [0.2, 0.25) is 0 Å². The molecule has 0 aromatic heterocycles. The molecule has 2 aromatic carbocycles. The highest BCUT2D eigenvalue weighted by molar-refractivity contribution is 8.04. The first-order valence-electron chi connectivity index (χ1n) is 17.4. The zero-order valence-electron chi connectivity index (χ0n) is 32.5. The molecule has 0 nitrogen and oxygen atoms in total. The molecule has 0 N–H and O–H groups in total. The van der Waals surface area contributed by atoms with Crippen LogP contribution in [0.15, 0.2) is 24.3 Å². The summed E-state index contributed by atoms with van der Waals surface area (Å²) in [5.74, 6) is 0. The van der Waals surface area contributed by atoms with Crippen molar-refractivity contribution in [1.29, 1.82) is 0 Å². The van der Waals surface area contributed by atoms with Crippen LogP contribution in [0, 0.1) is 0 Å². The molecule has 3 atom stereocenters. The van der Waals surface area contributed by atoms with Crippen molar-refractivity contribution >= 4 is 26.3 Å². The normalized spacial score (nSPS) is 19.6. The maximum Gasteiger partial charge on any atom is 0.171 e. The van der Waals surface area contributed by atoms with Crippen molar-refractivity contribution < 1.29 is 0 Å². The van der Waals surface area contributed by atoms with Crippen molar-refractivity contribution in [3.8, 4) is 0 Å². The van der Waals surface area contributed by atoms with Crippen molar-refractivity contribution in [2.45, 2.75) is 182 Å². The molecule has 0 aliphatic carbocycles. The molecule has 0 saturated carbocycles. The van der Waals surface area contributed by atoms with Gasteiger partial charge in [-0.1, -0.05) is 162 Å². The van der Waals surface area contributed by atoms with Gasteiger partial charge in [0.25, 0.3) is 0 Å². The predicted molar refractivity (Wildman–Crippen MR) is 207 cm³/mol. The first kappa shape index (κ1) is 37.5. The molecule has 0 radical (unpaired) electrons. The minimum atomic E-state index is -0.468. The fraction of sp³-hybridized carbons (Fsp3) is 0.690. The molecule has 2 aromatic rings. The van der Waals surface area contributed by atoms with Crippen molar-refractivity contribution in [2.24, 2.45) is 0 Å². The maximum atomic E-state index is 2.91. The van der Waals surface area contributed by atoms with Crippen LogP contribution < -0.4 is 5.30 Å². The summed E-state index contributed by atoms with van der Waals surface area (Å²) < 4.78 is 0. The average molecular weight is 636 g/mol. The third kappa shape index (κ3) is 7.94. The van der Waals surface area contributed by atoms with Gasteiger partial charge in [0, 0.05) is 13.5 Å². The van der Waals surface area contributed by atoms with E-state index in [1.165, 1.54) is 30.1 Å². The van der Waals surface area contributed by atoms with Gasteiger partial charge in [-0.15, -0.1) is 0 Å². The average Bonchev–Trinajstić information content (AvgIpc) is 2.79. The molecule has 1 aliphatic heterocycles. The molecule has 2 heteroatoms. The van der Waals surface area contributed by atoms with E-state index in [2.05, 4.69) is 161 Å². The molecule has 0 fully saturated rings. The van der Waals surface area contributed by atoms with Crippen LogP contribution in [0.2, 0.25) is 0 Å². The van der Waals surface area contributed by atoms with Crippen LogP contribution in [-0.2, 0) is 32.5 Å². The Morgan fingerprint density at radius 2 is 0.864 bits per heavy atom. The van der Waals surface area contributed by atoms with E-state index in [1.54, 1.807) is 33.1 Å². The van der Waals surface area contributed by atoms with Crippen molar-refractivity contribution in [3.63, 3.8) is 0 Å². The summed E-state index contributed by atoms with van der Waals surface area (Å²) in [7, 11) is -0.661. The highest BCUT2D eigenvalue weighted by Gasteiger charge is 2.51. The molecule has 3 rings (SSSR count). The van der Waals surface area contributed by atoms with Gasteiger partial charge >= 0.3 is 0 Å². The SMILES string of the molecule is CCCC[P+]1=CP(c2c(C(C)(C)C)cc(C(C)(C)C)cc2C(C)(C)C)C1c1c(C(C)(C)C)cc(C(C)(C)C)cc1C(C)(C)C. The second-order valence-electron chi connectivity index (χ2n) is 19.9. The molecule has 0 spiro atoms. The predicted octanol–water partition coefficient (Wildman–Crippen LogP) is 13.3. The largest absolute Gasteiger partial charge is 0.171 e. The zero-order valence-corrected chi connectivity index (χ0v) is 34.3. The lowest BCUT2D eigenvalue weighted by Gasteiger charge is -2.41. The number of rotatable bonds is 5. The first-order chi connectivity index (χ1) is 19.6. The van der Waals surface area contributed by atoms with Crippen LogP contribution >= 0.6 is 15.5 Å². The molecule has 0 amide bonds. The third-order valence-electron chi connectivity index (χ3n) is 9.39. The number of hydrogen-bond donors (Lipinski definition) is 0. The van der Waals surface area contributed by atoms with Gasteiger partial charge in [0.05, 0.1) is 0 Å². The molecule has 0 saturated heterocycles. The second kappa shape index (κ2) is 12.2. The van der Waals surface area contributed by atoms with E-state index in [-0.39, 0.29) is 40.0 Å². The summed E-state index contributed by atoms with van der Waals surface area (Å²) in [6, 6.07) is 10.5. The maximum absolute atomic E-state index is 2.91. The fourth-order valence-corrected chi connectivity index (χ4v) is 14.8. The van der Waals surface area contributed by atoms with Crippen molar-refractivity contribution in [2.75, 3.05) is 6.16 Å². The van der Waals surface area contributed by atoms with Gasteiger partial charge < -0.3 is 0 Å². The second-order valence-corrected chi connectivity index (χ2v) is 25.0. The Bertz CT molecular complexity index is 1310. The summed E-state index contributed by atoms with van der Waals surface area (Å²) in [6.07, 6.45) is 3.97. The van der Waals surface area contributed by atoms with E-state index in [9.17, 15) is 0 Å². The van der Waals surface area contributed by atoms with E-state index in [0.717, 1.165) is 0 Å². The van der Waals surface area contributed by atoms with Crippen molar-refractivity contribution in [3.05, 3.63) is 63.2 Å². The molecule has 1 heterocycles. The molecular weight excluding hydrogens is 566 g/mol. The van der Waals surface area contributed by atoms with Gasteiger partial charge in [0.1, 0.15) is 19.2 Å². The van der Waals surface area contributed by atoms with Gasteiger partial charge in [-0.3, -0.25) is 0 Å². The van der Waals surface area contributed by atoms with Crippen LogP contribution in [0.25, 0.3) is 0 Å². The van der Waals surface area contributed by atoms with E-state index >= 15 is 0 Å². The van der Waals surface area contributed by atoms with Gasteiger partial charge in [-0.05, 0) is 77.6 Å². The quantitative estimate of drug-likeness (QED) is 0.287. The molecule has 246 valence electrons. The Balaban J connectivity index is 2.56. The highest BCUT2D eigenvalue weighted by atomic mass is 31.2. The Kier molecular flexibility index (Phi) is 10.4. The number of unbranched alkanes of at least 4 members (excludes halogenated alkanes) is 1. The van der Waals surface area contributed by atoms with Gasteiger partial charge in [0.15, 0.2) is 5.40 Å². The Hall–Kier alpha value is -0.960. The van der Waals surface area contributed by atoms with Gasteiger partial charge in [-0.25, -0.2) is 0 Å². The zero-order chi connectivity index (χ0) is 34.0. The van der Waals surface area contributed by atoms with Crippen LogP contribution in [0.4, 0.5) is 0 Å². The standard InChI is InChI=1S/C42H69P2/c1-20-21-22-43-27-44(35-32(41(14,15)16)25-29(38(5,6)7)26-33(35)42(17,18)19)36(43)34-30(39(8,9)10)23-28(37(2,3)4)24-31(34)40(11,12)13/h23-27,36H,20-22H2,1-19H3/q+1. The Morgan fingerprint density at radius 3 is 1.16 bits per heavy atom. The number of hydrogen-bond acceptors (Lipinski definition) is 0. The lowest BCUT2D eigenvalue weighted by atomic mass is 9.72. The van der Waals surface area contributed by atoms with Crippen LogP contribution in [0.1, 0.15) is 189 Å². The van der Waals surface area contributed by atoms with E-state index < -0.39 is 7.92 Å². The third-order valence-corrected chi connectivity index (χ3v) is 16.7. The molecular formula is C42H69P2+. The Morgan fingerprint density at radius 1 is 0.523 bits per heavy atom. The van der Waals surface area contributed by atoms with E-state index in [4.69, 9.17) is 0 Å². The fourth-order valence-electron chi connectivity index (χ4n) is 6.48. The monoisotopic (exact) mass is 635 g/mol. The summed E-state index contributed by atoms with van der Waals surface area (Å²) in [5, 5.41) is 2.32. The summed E-state index contributed by atoms with van der Waals surface area (Å²) in [6.45, 7) is 46.2. The lowest BCUT2D eigenvalue weighted by Crippen LogP contribution is -2.35. The van der Waals surface area contributed by atoms with E-state index in [0.29, 0.717) is 5.40 Å². The summed E-state index contributed by atoms with van der Waals surface area (Å²) in [4.78, 5) is 0. The van der Waals surface area contributed by atoms with Crippen LogP contribution in [0.5, 0.6) is 0 Å². The smallest absolute Gasteiger partial charge is 0.0652 e. The lowest BCUT2D eigenvalue weighted by molar-refractivity contribution is 0.541. The molecule has 3 unspecified atom stereocenters. The van der Waals surface area contributed by atoms with Gasteiger partial charge in [-0.2, -0.15) is 0 Å². The van der Waals surface area contributed by atoms with Crippen molar-refractivity contribution in [1.82, 2.24) is 0 Å². The highest BCUT2D eigenvalue weighted by Crippen LogP contribution is 2.74. The minimum Gasteiger partial charge on any atom is -0.0652 e. The Labute approximate surface area is 277 Å². The molecule has 44 heavy (non-hydrogen) atoms. The summed E-state index contributed by atoms with van der Waals surface area (Å²) >= 11 is 0. The van der Waals surface area contributed by atoms with E-state index in [1.807, 2.05) is 0 Å². The van der Waals surface area contributed by atoms with Crippen LogP contribution in [-0.4, -0.2) is 11.7 Å².